The Bertz CT molecular complexity index is 547. The second kappa shape index (κ2) is 4.63. The summed E-state index contributed by atoms with van der Waals surface area (Å²) in [6.45, 7) is 2.00. The van der Waals surface area contributed by atoms with Crippen molar-refractivity contribution in [1.29, 1.82) is 0 Å². The van der Waals surface area contributed by atoms with Gasteiger partial charge < -0.3 is 14.6 Å². The molecule has 0 atom stereocenters. The third-order valence-electron chi connectivity index (χ3n) is 2.91. The van der Waals surface area contributed by atoms with Crippen molar-refractivity contribution in [3.8, 4) is 11.5 Å². The molecule has 2 aromatic carbocycles. The second-order valence-electron chi connectivity index (χ2n) is 3.97. The Labute approximate surface area is 101 Å². The largest absolute Gasteiger partial charge is 0.496 e. The smallest absolute Gasteiger partial charge is 0.129 e. The van der Waals surface area contributed by atoms with Crippen LogP contribution in [0.3, 0.4) is 0 Å². The van der Waals surface area contributed by atoms with Crippen LogP contribution in [0.25, 0.3) is 10.8 Å². The van der Waals surface area contributed by atoms with Gasteiger partial charge in [0, 0.05) is 10.8 Å². The van der Waals surface area contributed by atoms with E-state index in [9.17, 15) is 5.11 Å². The molecule has 0 spiro atoms. The Morgan fingerprint density at radius 2 is 1.82 bits per heavy atom. The van der Waals surface area contributed by atoms with Crippen molar-refractivity contribution < 1.29 is 14.6 Å². The molecule has 3 nitrogen and oxygen atoms in total. The molecule has 3 heteroatoms. The maximum Gasteiger partial charge on any atom is 0.129 e. The molecule has 0 aliphatic heterocycles. The number of aryl methyl sites for hydroxylation is 1. The first-order chi connectivity index (χ1) is 8.21. The Kier molecular flexibility index (Phi) is 3.20. The predicted molar refractivity (Wildman–Crippen MR) is 67.7 cm³/mol. The Hall–Kier alpha value is -1.74. The molecule has 2 aromatic rings. The summed E-state index contributed by atoms with van der Waals surface area (Å²) in [5.74, 6) is 1.65. The standard InChI is InChI=1S/C14H16O3/c1-9-6-13(16-2)11-5-4-10(8-15)7-12(11)14(9)17-3/h4-7,15H,8H2,1-3H3. The first-order valence-electron chi connectivity index (χ1n) is 5.46. The lowest BCUT2D eigenvalue weighted by atomic mass is 10.0. The number of fused-ring (bicyclic) bond motifs is 1. The van der Waals surface area contributed by atoms with Crippen molar-refractivity contribution in [2.45, 2.75) is 13.5 Å². The van der Waals surface area contributed by atoms with Gasteiger partial charge in [0.05, 0.1) is 20.8 Å². The van der Waals surface area contributed by atoms with Gasteiger partial charge in [0.1, 0.15) is 11.5 Å². The molecule has 0 aliphatic rings. The number of rotatable bonds is 3. The van der Waals surface area contributed by atoms with E-state index in [1.165, 1.54) is 0 Å². The normalized spacial score (nSPS) is 10.6. The average Bonchev–Trinajstić information content (AvgIpc) is 2.37. The highest BCUT2D eigenvalue weighted by molar-refractivity contribution is 5.95. The quantitative estimate of drug-likeness (QED) is 0.884. The summed E-state index contributed by atoms with van der Waals surface area (Å²) in [6.07, 6.45) is 0. The van der Waals surface area contributed by atoms with Crippen LogP contribution in [-0.4, -0.2) is 19.3 Å². The van der Waals surface area contributed by atoms with E-state index in [4.69, 9.17) is 9.47 Å². The monoisotopic (exact) mass is 232 g/mol. The molecular formula is C14H16O3. The van der Waals surface area contributed by atoms with Gasteiger partial charge in [-0.2, -0.15) is 0 Å². The van der Waals surface area contributed by atoms with Crippen molar-refractivity contribution in [2.24, 2.45) is 0 Å². The first kappa shape index (κ1) is 11.7. The minimum absolute atomic E-state index is 0.0232. The van der Waals surface area contributed by atoms with E-state index in [1.807, 2.05) is 31.2 Å². The number of hydrogen-bond donors (Lipinski definition) is 1. The highest BCUT2D eigenvalue weighted by Gasteiger charge is 2.11. The minimum Gasteiger partial charge on any atom is -0.496 e. The summed E-state index contributed by atoms with van der Waals surface area (Å²) < 4.78 is 10.8. The Morgan fingerprint density at radius 3 is 2.41 bits per heavy atom. The van der Waals surface area contributed by atoms with Gasteiger partial charge in [0.2, 0.25) is 0 Å². The lowest BCUT2D eigenvalue weighted by molar-refractivity contribution is 0.282. The van der Waals surface area contributed by atoms with E-state index in [1.54, 1.807) is 14.2 Å². The molecule has 0 heterocycles. The number of methoxy groups -OCH3 is 2. The lowest BCUT2D eigenvalue weighted by Gasteiger charge is -2.13. The Balaban J connectivity index is 2.82. The first-order valence-corrected chi connectivity index (χ1v) is 5.46. The molecule has 0 aromatic heterocycles. The zero-order valence-corrected chi connectivity index (χ0v) is 10.3. The van der Waals surface area contributed by atoms with E-state index < -0.39 is 0 Å². The van der Waals surface area contributed by atoms with E-state index in [0.717, 1.165) is 33.4 Å². The van der Waals surface area contributed by atoms with Crippen LogP contribution in [0.5, 0.6) is 11.5 Å². The number of aliphatic hydroxyl groups is 1. The van der Waals surface area contributed by atoms with Crippen molar-refractivity contribution in [3.05, 3.63) is 35.4 Å². The SMILES string of the molecule is COc1cc(C)c(OC)c2cc(CO)ccc12. The van der Waals surface area contributed by atoms with Gasteiger partial charge >= 0.3 is 0 Å². The van der Waals surface area contributed by atoms with Crippen molar-refractivity contribution in [1.82, 2.24) is 0 Å². The fourth-order valence-corrected chi connectivity index (χ4v) is 2.08. The maximum absolute atomic E-state index is 9.18. The summed E-state index contributed by atoms with van der Waals surface area (Å²) in [7, 11) is 3.31. The van der Waals surface area contributed by atoms with Crippen LogP contribution in [0.1, 0.15) is 11.1 Å². The van der Waals surface area contributed by atoms with Crippen LogP contribution in [0, 0.1) is 6.92 Å². The molecule has 0 bridgehead atoms. The molecule has 0 saturated carbocycles. The second-order valence-corrected chi connectivity index (χ2v) is 3.97. The predicted octanol–water partition coefficient (Wildman–Crippen LogP) is 2.66. The molecule has 2 rings (SSSR count). The number of benzene rings is 2. The molecule has 17 heavy (non-hydrogen) atoms. The lowest BCUT2D eigenvalue weighted by Crippen LogP contribution is -1.94. The van der Waals surface area contributed by atoms with Gasteiger partial charge in [-0.3, -0.25) is 0 Å². The summed E-state index contributed by atoms with van der Waals surface area (Å²) in [6, 6.07) is 7.73. The summed E-state index contributed by atoms with van der Waals surface area (Å²) in [5.41, 5.74) is 1.88. The molecule has 0 fully saturated rings. The highest BCUT2D eigenvalue weighted by Crippen LogP contribution is 2.36. The average molecular weight is 232 g/mol. The van der Waals surface area contributed by atoms with Crippen LogP contribution in [0.2, 0.25) is 0 Å². The van der Waals surface area contributed by atoms with E-state index in [0.29, 0.717) is 0 Å². The van der Waals surface area contributed by atoms with Crippen molar-refractivity contribution >= 4 is 10.8 Å². The molecule has 0 amide bonds. The van der Waals surface area contributed by atoms with E-state index >= 15 is 0 Å². The third kappa shape index (κ3) is 1.94. The summed E-state index contributed by atoms with van der Waals surface area (Å²) in [4.78, 5) is 0. The summed E-state index contributed by atoms with van der Waals surface area (Å²) >= 11 is 0. The third-order valence-corrected chi connectivity index (χ3v) is 2.91. The number of aliphatic hydroxyl groups excluding tert-OH is 1. The summed E-state index contributed by atoms with van der Waals surface area (Å²) in [5, 5.41) is 11.1. The van der Waals surface area contributed by atoms with Gasteiger partial charge in [0.25, 0.3) is 0 Å². The van der Waals surface area contributed by atoms with E-state index in [-0.39, 0.29) is 6.61 Å². The molecule has 0 saturated heterocycles. The maximum atomic E-state index is 9.18. The molecule has 0 unspecified atom stereocenters. The molecule has 90 valence electrons. The highest BCUT2D eigenvalue weighted by atomic mass is 16.5. The fourth-order valence-electron chi connectivity index (χ4n) is 2.08. The number of hydrogen-bond acceptors (Lipinski definition) is 3. The van der Waals surface area contributed by atoms with Crippen LogP contribution in [-0.2, 0) is 6.61 Å². The molecule has 0 radical (unpaired) electrons. The molecular weight excluding hydrogens is 216 g/mol. The van der Waals surface area contributed by atoms with Crippen molar-refractivity contribution in [2.75, 3.05) is 14.2 Å². The van der Waals surface area contributed by atoms with Crippen molar-refractivity contribution in [3.63, 3.8) is 0 Å². The number of ether oxygens (including phenoxy) is 2. The van der Waals surface area contributed by atoms with Gasteiger partial charge in [-0.25, -0.2) is 0 Å². The zero-order chi connectivity index (χ0) is 12.4. The molecule has 1 N–H and O–H groups in total. The van der Waals surface area contributed by atoms with Crippen LogP contribution in [0.4, 0.5) is 0 Å². The van der Waals surface area contributed by atoms with Gasteiger partial charge in [-0.1, -0.05) is 12.1 Å². The van der Waals surface area contributed by atoms with Gasteiger partial charge in [-0.05, 0) is 30.2 Å². The molecule has 0 aliphatic carbocycles. The topological polar surface area (TPSA) is 38.7 Å². The van der Waals surface area contributed by atoms with Gasteiger partial charge in [0.15, 0.2) is 0 Å². The van der Waals surface area contributed by atoms with Gasteiger partial charge in [-0.15, -0.1) is 0 Å². The fraction of sp³-hybridized carbons (Fsp3) is 0.286. The van der Waals surface area contributed by atoms with E-state index in [2.05, 4.69) is 0 Å². The van der Waals surface area contributed by atoms with Crippen LogP contribution < -0.4 is 9.47 Å². The van der Waals surface area contributed by atoms with Crippen LogP contribution in [0.15, 0.2) is 24.3 Å². The minimum atomic E-state index is 0.0232. The zero-order valence-electron chi connectivity index (χ0n) is 10.3. The van der Waals surface area contributed by atoms with Crippen LogP contribution >= 0.6 is 0 Å². The Morgan fingerprint density at radius 1 is 1.06 bits per heavy atom.